The van der Waals surface area contributed by atoms with Crippen LogP contribution in [0, 0.1) is 6.92 Å². The van der Waals surface area contributed by atoms with Gasteiger partial charge in [0.2, 0.25) is 0 Å². The molecular formula is C18H29O. The molecule has 0 aromatic heterocycles. The molecule has 0 saturated carbocycles. The normalized spacial score (nSPS) is 12.6. The van der Waals surface area contributed by atoms with Crippen LogP contribution in [-0.4, -0.2) is 6.61 Å². The van der Waals surface area contributed by atoms with Gasteiger partial charge in [0.1, 0.15) is 5.75 Å². The summed E-state index contributed by atoms with van der Waals surface area (Å²) >= 11 is 0. The fraction of sp³-hybridized carbons (Fsp3) is 0.611. The average Bonchev–Trinajstić information content (AvgIpc) is 2.39. The summed E-state index contributed by atoms with van der Waals surface area (Å²) in [6, 6.07) is 6.65. The van der Waals surface area contributed by atoms with Crippen molar-refractivity contribution in [1.82, 2.24) is 0 Å². The van der Waals surface area contributed by atoms with Gasteiger partial charge >= 0.3 is 0 Å². The van der Waals surface area contributed by atoms with Crippen molar-refractivity contribution in [3.63, 3.8) is 0 Å². The minimum absolute atomic E-state index is 0.129. The second-order valence-electron chi connectivity index (χ2n) is 6.53. The van der Waals surface area contributed by atoms with Gasteiger partial charge in [-0.3, -0.25) is 0 Å². The van der Waals surface area contributed by atoms with Crippen LogP contribution < -0.4 is 4.74 Å². The van der Waals surface area contributed by atoms with Crippen molar-refractivity contribution in [3.05, 3.63) is 36.2 Å². The Morgan fingerprint density at radius 2 is 1.58 bits per heavy atom. The zero-order chi connectivity index (χ0) is 14.7. The topological polar surface area (TPSA) is 9.23 Å². The van der Waals surface area contributed by atoms with Gasteiger partial charge < -0.3 is 4.74 Å². The van der Waals surface area contributed by atoms with Crippen LogP contribution in [0.3, 0.4) is 0 Å². The van der Waals surface area contributed by atoms with Gasteiger partial charge in [-0.05, 0) is 42.2 Å². The summed E-state index contributed by atoms with van der Waals surface area (Å²) < 4.78 is 5.72. The third kappa shape index (κ3) is 3.52. The largest absolute Gasteiger partial charge is 0.493 e. The summed E-state index contributed by atoms with van der Waals surface area (Å²) in [5, 5.41) is 0. The molecule has 1 aromatic carbocycles. The van der Waals surface area contributed by atoms with E-state index >= 15 is 0 Å². The second-order valence-corrected chi connectivity index (χ2v) is 6.53. The molecule has 0 N–H and O–H groups in total. The molecule has 0 spiro atoms. The minimum Gasteiger partial charge on any atom is -0.493 e. The standard InChI is InChI=1S/C18H29O/c1-8-17(4,5)14-11-12-16(19-10-3)15(13-14)18(6,7)9-2/h11-13H,3,8-10H2,1-2,4-7H3. The summed E-state index contributed by atoms with van der Waals surface area (Å²) in [5.41, 5.74) is 3.03. The fourth-order valence-electron chi connectivity index (χ4n) is 2.11. The summed E-state index contributed by atoms with van der Waals surface area (Å²) in [4.78, 5) is 0. The highest BCUT2D eigenvalue weighted by Crippen LogP contribution is 2.38. The molecule has 107 valence electrons. The maximum Gasteiger partial charge on any atom is 0.123 e. The molecule has 19 heavy (non-hydrogen) atoms. The molecule has 0 aliphatic heterocycles. The molecule has 0 amide bonds. The van der Waals surface area contributed by atoms with Gasteiger partial charge in [-0.25, -0.2) is 0 Å². The molecule has 0 heterocycles. The predicted molar refractivity (Wildman–Crippen MR) is 83.9 cm³/mol. The Morgan fingerprint density at radius 3 is 2.05 bits per heavy atom. The SMILES string of the molecule is [CH2]COc1ccc(C(C)(C)CC)cc1C(C)(C)CC. The molecule has 0 aliphatic carbocycles. The van der Waals surface area contributed by atoms with Gasteiger partial charge in [0.25, 0.3) is 0 Å². The van der Waals surface area contributed by atoms with Gasteiger partial charge in [0.15, 0.2) is 0 Å². The van der Waals surface area contributed by atoms with E-state index in [1.54, 1.807) is 0 Å². The van der Waals surface area contributed by atoms with Crippen LogP contribution in [0.4, 0.5) is 0 Å². The number of benzene rings is 1. The van der Waals surface area contributed by atoms with E-state index in [2.05, 4.69) is 66.7 Å². The van der Waals surface area contributed by atoms with Crippen molar-refractivity contribution in [2.24, 2.45) is 0 Å². The van der Waals surface area contributed by atoms with Crippen LogP contribution in [0.1, 0.15) is 65.5 Å². The van der Waals surface area contributed by atoms with Gasteiger partial charge in [-0.15, -0.1) is 0 Å². The first-order valence-electron chi connectivity index (χ1n) is 7.35. The van der Waals surface area contributed by atoms with Gasteiger partial charge in [0.05, 0.1) is 6.61 Å². The fourth-order valence-corrected chi connectivity index (χ4v) is 2.11. The Balaban J connectivity index is 3.34. The first-order chi connectivity index (χ1) is 8.78. The molecule has 0 aliphatic rings. The molecule has 1 heteroatoms. The molecule has 1 aromatic rings. The summed E-state index contributed by atoms with van der Waals surface area (Å²) in [7, 11) is 0. The number of hydrogen-bond donors (Lipinski definition) is 0. The zero-order valence-electron chi connectivity index (χ0n) is 13.5. The lowest BCUT2D eigenvalue weighted by Gasteiger charge is -2.30. The van der Waals surface area contributed by atoms with E-state index in [9.17, 15) is 0 Å². The lowest BCUT2D eigenvalue weighted by atomic mass is 9.76. The molecule has 1 rings (SSSR count). The Bertz CT molecular complexity index is 416. The van der Waals surface area contributed by atoms with E-state index in [1.165, 1.54) is 11.1 Å². The molecule has 1 radical (unpaired) electrons. The van der Waals surface area contributed by atoms with Crippen LogP contribution in [0.5, 0.6) is 5.75 Å². The summed E-state index contributed by atoms with van der Waals surface area (Å²) in [5.74, 6) is 0.984. The van der Waals surface area contributed by atoms with Gasteiger partial charge in [0, 0.05) is 5.56 Å². The summed E-state index contributed by atoms with van der Waals surface area (Å²) in [6.07, 6.45) is 2.23. The van der Waals surface area contributed by atoms with Crippen molar-refractivity contribution < 1.29 is 4.74 Å². The number of rotatable bonds is 6. The average molecular weight is 261 g/mol. The van der Waals surface area contributed by atoms with E-state index < -0.39 is 0 Å². The molecule has 0 fully saturated rings. The van der Waals surface area contributed by atoms with Crippen molar-refractivity contribution >= 4 is 0 Å². The Hall–Kier alpha value is -0.980. The highest BCUT2D eigenvalue weighted by atomic mass is 16.5. The number of hydrogen-bond acceptors (Lipinski definition) is 1. The summed E-state index contributed by atoms with van der Waals surface area (Å²) in [6.45, 7) is 17.9. The highest BCUT2D eigenvalue weighted by molar-refractivity contribution is 5.44. The van der Waals surface area contributed by atoms with Crippen LogP contribution >= 0.6 is 0 Å². The first-order valence-corrected chi connectivity index (χ1v) is 7.35. The van der Waals surface area contributed by atoms with Crippen molar-refractivity contribution in [2.75, 3.05) is 6.61 Å². The van der Waals surface area contributed by atoms with Crippen LogP contribution in [0.15, 0.2) is 18.2 Å². The predicted octanol–water partition coefficient (Wildman–Crippen LogP) is 5.27. The monoisotopic (exact) mass is 261 g/mol. The lowest BCUT2D eigenvalue weighted by molar-refractivity contribution is 0.344. The molecular weight excluding hydrogens is 232 g/mol. The quantitative estimate of drug-likeness (QED) is 0.677. The van der Waals surface area contributed by atoms with E-state index in [-0.39, 0.29) is 10.8 Å². The number of ether oxygens (including phenoxy) is 1. The van der Waals surface area contributed by atoms with Gasteiger partial charge in [-0.1, -0.05) is 53.7 Å². The Morgan fingerprint density at radius 1 is 1.00 bits per heavy atom. The van der Waals surface area contributed by atoms with Crippen molar-refractivity contribution in [1.29, 1.82) is 0 Å². The third-order valence-corrected chi connectivity index (χ3v) is 4.52. The van der Waals surface area contributed by atoms with E-state index in [0.717, 1.165) is 18.6 Å². The van der Waals surface area contributed by atoms with Crippen LogP contribution in [0.25, 0.3) is 0 Å². The Labute approximate surface area is 119 Å². The molecule has 0 saturated heterocycles. The maximum atomic E-state index is 5.72. The van der Waals surface area contributed by atoms with Crippen LogP contribution in [0.2, 0.25) is 0 Å². The zero-order valence-corrected chi connectivity index (χ0v) is 13.5. The minimum atomic E-state index is 0.129. The smallest absolute Gasteiger partial charge is 0.123 e. The first kappa shape index (κ1) is 16.1. The van der Waals surface area contributed by atoms with Gasteiger partial charge in [-0.2, -0.15) is 0 Å². The maximum absolute atomic E-state index is 5.72. The van der Waals surface area contributed by atoms with Crippen LogP contribution in [-0.2, 0) is 10.8 Å². The van der Waals surface area contributed by atoms with E-state index in [4.69, 9.17) is 4.74 Å². The van der Waals surface area contributed by atoms with E-state index in [1.807, 2.05) is 0 Å². The molecule has 0 atom stereocenters. The molecule has 0 bridgehead atoms. The van der Waals surface area contributed by atoms with Crippen molar-refractivity contribution in [3.8, 4) is 5.75 Å². The highest BCUT2D eigenvalue weighted by Gasteiger charge is 2.26. The second kappa shape index (κ2) is 5.98. The lowest BCUT2D eigenvalue weighted by Crippen LogP contribution is -2.21. The van der Waals surface area contributed by atoms with Crippen molar-refractivity contribution in [2.45, 2.75) is 65.2 Å². The Kier molecular flexibility index (Phi) is 5.06. The molecule has 1 nitrogen and oxygen atoms in total. The van der Waals surface area contributed by atoms with E-state index in [0.29, 0.717) is 6.61 Å². The third-order valence-electron chi connectivity index (χ3n) is 4.52. The molecule has 0 unspecified atom stereocenters.